The van der Waals surface area contributed by atoms with Crippen LogP contribution in [0.2, 0.25) is 0 Å². The van der Waals surface area contributed by atoms with E-state index in [1.807, 2.05) is 12.1 Å². The number of ether oxygens (including phenoxy) is 1. The number of methoxy groups -OCH3 is 1. The Morgan fingerprint density at radius 2 is 1.96 bits per heavy atom. The molecule has 8 heteroatoms. The number of anilines is 1. The number of esters is 1. The smallest absolute Gasteiger partial charge is 0.316 e. The van der Waals surface area contributed by atoms with E-state index in [0.717, 1.165) is 40.2 Å². The normalized spacial score (nSPS) is 22.7. The van der Waals surface area contributed by atoms with Gasteiger partial charge in [0.15, 0.2) is 4.34 Å². The lowest BCUT2D eigenvalue weighted by atomic mass is 9.81. The molecule has 6 nitrogen and oxygen atoms in total. The number of hydrogen-bond donors (Lipinski definition) is 0. The second-order valence-electron chi connectivity index (χ2n) is 6.51. The second kappa shape index (κ2) is 7.00. The molecular weight excluding hydrogens is 372 g/mol. The Bertz CT molecular complexity index is 870. The zero-order valence-electron chi connectivity index (χ0n) is 14.3. The van der Waals surface area contributed by atoms with Crippen molar-refractivity contribution in [1.82, 2.24) is 4.98 Å². The molecule has 0 radical (unpaired) electrons. The lowest BCUT2D eigenvalue weighted by molar-refractivity contribution is -0.137. The topological polar surface area (TPSA) is 76.6 Å². The molecule has 0 bridgehead atoms. The maximum absolute atomic E-state index is 12.7. The van der Waals surface area contributed by atoms with Gasteiger partial charge in [-0.05, 0) is 31.0 Å². The summed E-state index contributed by atoms with van der Waals surface area (Å²) < 4.78 is 6.29. The number of fused-ring (bicyclic) bond motifs is 2. The molecule has 0 spiro atoms. The third-order valence-electron chi connectivity index (χ3n) is 4.99. The van der Waals surface area contributed by atoms with Crippen LogP contribution in [0.25, 0.3) is 10.2 Å². The third kappa shape index (κ3) is 3.01. The molecular formula is C18H18N2O4S2. The predicted molar refractivity (Wildman–Crippen MR) is 100 cm³/mol. The highest BCUT2D eigenvalue weighted by Gasteiger charge is 2.48. The molecule has 2 amide bonds. The molecule has 1 saturated carbocycles. The van der Waals surface area contributed by atoms with Gasteiger partial charge in [0.05, 0.1) is 40.6 Å². The predicted octanol–water partition coefficient (Wildman–Crippen LogP) is 3.24. The second-order valence-corrected chi connectivity index (χ2v) is 8.76. The minimum Gasteiger partial charge on any atom is -0.468 e. The van der Waals surface area contributed by atoms with Gasteiger partial charge in [0, 0.05) is 0 Å². The number of carbonyl (C=O) groups excluding carboxylic acids is 3. The van der Waals surface area contributed by atoms with Crippen molar-refractivity contribution in [1.29, 1.82) is 0 Å². The molecule has 1 aromatic carbocycles. The number of imide groups is 1. The van der Waals surface area contributed by atoms with Crippen LogP contribution < -0.4 is 4.90 Å². The summed E-state index contributed by atoms with van der Waals surface area (Å²) in [4.78, 5) is 42.6. The van der Waals surface area contributed by atoms with Gasteiger partial charge in [-0.15, -0.1) is 11.3 Å². The Morgan fingerprint density at radius 1 is 1.27 bits per heavy atom. The van der Waals surface area contributed by atoms with Gasteiger partial charge in [-0.3, -0.25) is 19.3 Å². The molecule has 0 N–H and O–H groups in total. The Kier molecular flexibility index (Phi) is 4.71. The van der Waals surface area contributed by atoms with Crippen molar-refractivity contribution in [3.63, 3.8) is 0 Å². The van der Waals surface area contributed by atoms with Gasteiger partial charge in [-0.25, -0.2) is 4.98 Å². The number of rotatable bonds is 4. The van der Waals surface area contributed by atoms with Crippen LogP contribution in [-0.4, -0.2) is 35.6 Å². The van der Waals surface area contributed by atoms with E-state index < -0.39 is 0 Å². The van der Waals surface area contributed by atoms with Gasteiger partial charge in [-0.2, -0.15) is 0 Å². The van der Waals surface area contributed by atoms with E-state index in [1.54, 1.807) is 6.07 Å². The van der Waals surface area contributed by atoms with Gasteiger partial charge < -0.3 is 4.74 Å². The van der Waals surface area contributed by atoms with Crippen LogP contribution in [0.3, 0.4) is 0 Å². The van der Waals surface area contributed by atoms with Crippen LogP contribution in [0, 0.1) is 11.8 Å². The number of hydrogen-bond acceptors (Lipinski definition) is 7. The van der Waals surface area contributed by atoms with Crippen LogP contribution in [-0.2, 0) is 19.1 Å². The molecule has 1 aromatic heterocycles. The van der Waals surface area contributed by atoms with Gasteiger partial charge in [0.2, 0.25) is 11.8 Å². The molecule has 1 aliphatic heterocycles. The maximum atomic E-state index is 12.7. The first-order valence-corrected chi connectivity index (χ1v) is 10.4. The zero-order chi connectivity index (χ0) is 18.3. The van der Waals surface area contributed by atoms with Crippen molar-refractivity contribution in [3.05, 3.63) is 18.2 Å². The lowest BCUT2D eigenvalue weighted by Gasteiger charge is -2.19. The Morgan fingerprint density at radius 3 is 2.62 bits per heavy atom. The van der Waals surface area contributed by atoms with Crippen molar-refractivity contribution < 1.29 is 19.1 Å². The summed E-state index contributed by atoms with van der Waals surface area (Å²) in [5.41, 5.74) is 1.41. The molecule has 1 aliphatic carbocycles. The number of nitrogens with zero attached hydrogens (tertiary/aromatic N) is 2. The highest BCUT2D eigenvalue weighted by molar-refractivity contribution is 8.01. The minimum atomic E-state index is -0.300. The zero-order valence-corrected chi connectivity index (χ0v) is 15.9. The highest BCUT2D eigenvalue weighted by Crippen LogP contribution is 2.41. The highest BCUT2D eigenvalue weighted by atomic mass is 32.2. The molecule has 0 unspecified atom stereocenters. The molecule has 2 heterocycles. The summed E-state index contributed by atoms with van der Waals surface area (Å²) in [6, 6.07) is 5.46. The molecule has 136 valence electrons. The van der Waals surface area contributed by atoms with Gasteiger partial charge in [0.25, 0.3) is 0 Å². The molecule has 4 rings (SSSR count). The van der Waals surface area contributed by atoms with Crippen LogP contribution in [0.1, 0.15) is 25.7 Å². The maximum Gasteiger partial charge on any atom is 0.316 e. The van der Waals surface area contributed by atoms with E-state index in [2.05, 4.69) is 9.72 Å². The average molecular weight is 390 g/mol. The van der Waals surface area contributed by atoms with Crippen molar-refractivity contribution in [2.24, 2.45) is 11.8 Å². The number of thioether (sulfide) groups is 1. The monoisotopic (exact) mass is 390 g/mol. The van der Waals surface area contributed by atoms with E-state index in [-0.39, 0.29) is 35.4 Å². The molecule has 1 saturated heterocycles. The summed E-state index contributed by atoms with van der Waals surface area (Å²) in [5.74, 6) is -0.534. The standard InChI is InChI=1S/C18H18N2O4S2/c1-24-15(21)9-25-18-19-13-7-6-10(8-14(13)26-18)20-16(22)11-4-2-3-5-12(11)17(20)23/h6-8,11-12H,2-5,9H2,1H3/t11-,12+. The largest absolute Gasteiger partial charge is 0.468 e. The number of benzene rings is 1. The van der Waals surface area contributed by atoms with Crippen LogP contribution >= 0.6 is 23.1 Å². The Labute approximate surface area is 158 Å². The summed E-state index contributed by atoms with van der Waals surface area (Å²) in [6.07, 6.45) is 3.65. The van der Waals surface area contributed by atoms with E-state index in [4.69, 9.17) is 0 Å². The van der Waals surface area contributed by atoms with Gasteiger partial charge >= 0.3 is 5.97 Å². The van der Waals surface area contributed by atoms with Crippen molar-refractivity contribution in [2.75, 3.05) is 17.8 Å². The van der Waals surface area contributed by atoms with Crippen LogP contribution in [0.4, 0.5) is 5.69 Å². The van der Waals surface area contributed by atoms with E-state index >= 15 is 0 Å². The Balaban J connectivity index is 1.60. The quantitative estimate of drug-likeness (QED) is 0.453. The molecule has 2 fully saturated rings. The molecule has 2 aromatic rings. The van der Waals surface area contributed by atoms with E-state index in [1.165, 1.54) is 35.1 Å². The van der Waals surface area contributed by atoms with Gasteiger partial charge in [-0.1, -0.05) is 24.6 Å². The fraction of sp³-hybridized carbons (Fsp3) is 0.444. The molecule has 26 heavy (non-hydrogen) atoms. The first-order valence-electron chi connectivity index (χ1n) is 8.56. The van der Waals surface area contributed by atoms with E-state index in [9.17, 15) is 14.4 Å². The van der Waals surface area contributed by atoms with Crippen LogP contribution in [0.15, 0.2) is 22.5 Å². The first-order chi connectivity index (χ1) is 12.6. The fourth-order valence-electron chi connectivity index (χ4n) is 3.69. The molecule has 2 aliphatic rings. The number of amides is 2. The van der Waals surface area contributed by atoms with Crippen molar-refractivity contribution >= 4 is 56.8 Å². The number of carbonyl (C=O) groups is 3. The summed E-state index contributed by atoms with van der Waals surface area (Å²) in [6.45, 7) is 0. The minimum absolute atomic E-state index is 0.0659. The summed E-state index contributed by atoms with van der Waals surface area (Å²) in [5, 5.41) is 0. The van der Waals surface area contributed by atoms with Crippen LogP contribution in [0.5, 0.6) is 0 Å². The van der Waals surface area contributed by atoms with Gasteiger partial charge in [0.1, 0.15) is 0 Å². The van der Waals surface area contributed by atoms with Crippen molar-refractivity contribution in [3.8, 4) is 0 Å². The number of thiazole rings is 1. The number of aromatic nitrogens is 1. The summed E-state index contributed by atoms with van der Waals surface area (Å²) >= 11 is 2.77. The molecule has 2 atom stereocenters. The Hall–Kier alpha value is -1.93. The fourth-order valence-corrected chi connectivity index (χ4v) is 5.62. The summed E-state index contributed by atoms with van der Waals surface area (Å²) in [7, 11) is 1.36. The average Bonchev–Trinajstić information content (AvgIpc) is 3.18. The van der Waals surface area contributed by atoms with E-state index in [0.29, 0.717) is 5.69 Å². The first kappa shape index (κ1) is 17.5. The SMILES string of the molecule is COC(=O)CSc1nc2ccc(N3C(=O)[C@H]4CCCC[C@H]4C3=O)cc2s1. The van der Waals surface area contributed by atoms with Crippen molar-refractivity contribution in [2.45, 2.75) is 30.0 Å². The lowest BCUT2D eigenvalue weighted by Crippen LogP contribution is -2.30. The third-order valence-corrected chi connectivity index (χ3v) is 7.13.